The van der Waals surface area contributed by atoms with E-state index in [1.165, 1.54) is 9.42 Å². The number of nitriles is 1. The van der Waals surface area contributed by atoms with Crippen LogP contribution in [0.4, 0.5) is 5.95 Å². The summed E-state index contributed by atoms with van der Waals surface area (Å²) in [5.74, 6) is 0.0907. The van der Waals surface area contributed by atoms with E-state index in [1.807, 2.05) is 55.5 Å². The van der Waals surface area contributed by atoms with Gasteiger partial charge in [0, 0.05) is 17.5 Å². The number of hydrogen-bond acceptors (Lipinski definition) is 5. The fourth-order valence-electron chi connectivity index (χ4n) is 4.29. The number of aromatic amines is 1. The van der Waals surface area contributed by atoms with Gasteiger partial charge in [-0.25, -0.2) is 4.98 Å². The van der Waals surface area contributed by atoms with Crippen LogP contribution in [0.5, 0.6) is 0 Å². The summed E-state index contributed by atoms with van der Waals surface area (Å²) in [6.45, 7) is 3.80. The van der Waals surface area contributed by atoms with E-state index in [1.54, 1.807) is 37.3 Å². The van der Waals surface area contributed by atoms with Crippen LogP contribution in [0, 0.1) is 25.2 Å². The number of nitrogens with one attached hydrogen (secondary N) is 1. The number of fused-ring (bicyclic) bond motifs is 1. The van der Waals surface area contributed by atoms with Gasteiger partial charge in [0.05, 0.1) is 23.9 Å². The molecule has 5 aromatic rings. The van der Waals surface area contributed by atoms with Crippen molar-refractivity contribution < 1.29 is 4.79 Å². The van der Waals surface area contributed by atoms with Crippen molar-refractivity contribution in [1.29, 1.82) is 5.26 Å². The number of anilines is 1. The average Bonchev–Trinajstić information content (AvgIpc) is 3.34. The number of amides is 1. The van der Waals surface area contributed by atoms with Gasteiger partial charge in [0.2, 0.25) is 5.95 Å². The van der Waals surface area contributed by atoms with Crippen molar-refractivity contribution in [2.24, 2.45) is 0 Å². The molecule has 3 aromatic carbocycles. The lowest BCUT2D eigenvalue weighted by molar-refractivity contribution is 0.0983. The maximum Gasteiger partial charge on any atom is 0.277 e. The molecule has 0 bridgehead atoms. The van der Waals surface area contributed by atoms with Crippen molar-refractivity contribution in [2.45, 2.75) is 26.8 Å². The molecule has 0 aliphatic carbocycles. The van der Waals surface area contributed by atoms with Gasteiger partial charge in [-0.05, 0) is 48.7 Å². The smallest absolute Gasteiger partial charge is 0.272 e. The SMILES string of the molecule is Cc1ccccc1C(=O)N(Cc1cccc(C#N)c1)c1nc2nc(C)c(Cc3ccccc3)c(=O)n2[nH]1. The Morgan fingerprint density at radius 2 is 1.70 bits per heavy atom. The predicted octanol–water partition coefficient (Wildman–Crippen LogP) is 4.34. The van der Waals surface area contributed by atoms with Crippen molar-refractivity contribution >= 4 is 17.6 Å². The largest absolute Gasteiger partial charge is 0.277 e. The standard InChI is InChI=1S/C29H24N6O2/c1-19-9-6-7-14-24(19)26(36)34(18-23-13-8-12-22(15-23)17-30)29-32-28-31-20(2)25(27(37)35(28)33-29)16-21-10-4-3-5-11-21/h3-15H,16,18H2,1-2H3,(H,31,32,33). The van der Waals surface area contributed by atoms with Gasteiger partial charge in [-0.3, -0.25) is 19.6 Å². The van der Waals surface area contributed by atoms with Crippen LogP contribution >= 0.6 is 0 Å². The summed E-state index contributed by atoms with van der Waals surface area (Å²) in [6.07, 6.45) is 0.433. The first-order valence-corrected chi connectivity index (χ1v) is 11.8. The topological polar surface area (TPSA) is 107 Å². The quantitative estimate of drug-likeness (QED) is 0.383. The Hall–Kier alpha value is -5.03. The molecule has 0 aliphatic rings. The van der Waals surface area contributed by atoms with Crippen molar-refractivity contribution in [3.05, 3.63) is 128 Å². The van der Waals surface area contributed by atoms with Crippen molar-refractivity contribution in [3.8, 4) is 6.07 Å². The summed E-state index contributed by atoms with van der Waals surface area (Å²) in [7, 11) is 0. The van der Waals surface area contributed by atoms with Crippen LogP contribution in [-0.4, -0.2) is 25.5 Å². The van der Waals surface area contributed by atoms with E-state index < -0.39 is 0 Å². The highest BCUT2D eigenvalue weighted by Gasteiger charge is 2.24. The van der Waals surface area contributed by atoms with Crippen LogP contribution in [0.2, 0.25) is 0 Å². The molecule has 0 aliphatic heterocycles. The number of nitrogens with zero attached hydrogens (tertiary/aromatic N) is 5. The Balaban J connectivity index is 1.60. The number of benzene rings is 3. The van der Waals surface area contributed by atoms with Crippen molar-refractivity contribution in [3.63, 3.8) is 0 Å². The molecule has 0 radical (unpaired) electrons. The maximum absolute atomic E-state index is 13.8. The molecular formula is C29H24N6O2. The van der Waals surface area contributed by atoms with Crippen LogP contribution in [0.15, 0.2) is 83.7 Å². The summed E-state index contributed by atoms with van der Waals surface area (Å²) >= 11 is 0. The number of aromatic nitrogens is 4. The molecule has 5 rings (SSSR count). The van der Waals surface area contributed by atoms with E-state index in [0.29, 0.717) is 28.8 Å². The minimum atomic E-state index is -0.284. The molecule has 8 heteroatoms. The predicted molar refractivity (Wildman–Crippen MR) is 140 cm³/mol. The molecule has 0 saturated carbocycles. The van der Waals surface area contributed by atoms with Crippen molar-refractivity contribution in [2.75, 3.05) is 4.90 Å². The van der Waals surface area contributed by atoms with Gasteiger partial charge in [-0.15, -0.1) is 0 Å². The molecule has 2 aromatic heterocycles. The molecule has 37 heavy (non-hydrogen) atoms. The Morgan fingerprint density at radius 1 is 0.973 bits per heavy atom. The Morgan fingerprint density at radius 3 is 2.46 bits per heavy atom. The molecule has 0 fully saturated rings. The van der Waals surface area contributed by atoms with Crippen LogP contribution in [0.3, 0.4) is 0 Å². The third-order valence-electron chi connectivity index (χ3n) is 6.28. The van der Waals surface area contributed by atoms with Crippen LogP contribution < -0.4 is 10.5 Å². The molecule has 2 heterocycles. The minimum Gasteiger partial charge on any atom is -0.272 e. The highest BCUT2D eigenvalue weighted by molar-refractivity contribution is 6.06. The Labute approximate surface area is 213 Å². The van der Waals surface area contributed by atoms with Gasteiger partial charge in [0.1, 0.15) is 0 Å². The minimum absolute atomic E-state index is 0.146. The summed E-state index contributed by atoms with van der Waals surface area (Å²) < 4.78 is 1.28. The molecule has 1 N–H and O–H groups in total. The van der Waals surface area contributed by atoms with Crippen LogP contribution in [0.1, 0.15) is 43.9 Å². The number of carbonyl (C=O) groups is 1. The van der Waals surface area contributed by atoms with Gasteiger partial charge in [-0.1, -0.05) is 60.7 Å². The second kappa shape index (κ2) is 9.91. The number of H-pyrrole nitrogens is 1. The van der Waals surface area contributed by atoms with E-state index >= 15 is 0 Å². The zero-order valence-electron chi connectivity index (χ0n) is 20.5. The first-order valence-electron chi connectivity index (χ1n) is 11.8. The van der Waals surface area contributed by atoms with Gasteiger partial charge in [-0.2, -0.15) is 14.8 Å². The fourth-order valence-corrected chi connectivity index (χ4v) is 4.29. The van der Waals surface area contributed by atoms with Crippen LogP contribution in [-0.2, 0) is 13.0 Å². The second-order valence-electron chi connectivity index (χ2n) is 8.84. The second-order valence-corrected chi connectivity index (χ2v) is 8.84. The molecule has 8 nitrogen and oxygen atoms in total. The lowest BCUT2D eigenvalue weighted by Crippen LogP contribution is -2.32. The first kappa shape index (κ1) is 23.7. The third kappa shape index (κ3) is 4.75. The summed E-state index contributed by atoms with van der Waals surface area (Å²) in [5.41, 5.74) is 4.45. The number of carbonyl (C=O) groups excluding carboxylic acids is 1. The highest BCUT2D eigenvalue weighted by atomic mass is 16.2. The highest BCUT2D eigenvalue weighted by Crippen LogP contribution is 2.20. The lowest BCUT2D eigenvalue weighted by atomic mass is 10.1. The molecule has 0 atom stereocenters. The molecule has 182 valence electrons. The average molecular weight is 489 g/mol. The van der Waals surface area contributed by atoms with Crippen LogP contribution in [0.25, 0.3) is 5.78 Å². The third-order valence-corrected chi connectivity index (χ3v) is 6.28. The molecule has 0 spiro atoms. The Kier molecular flexibility index (Phi) is 6.35. The normalized spacial score (nSPS) is 10.8. The molecule has 0 unspecified atom stereocenters. The zero-order chi connectivity index (χ0) is 25.9. The number of aryl methyl sites for hydroxylation is 2. The summed E-state index contributed by atoms with van der Waals surface area (Å²) in [4.78, 5) is 37.8. The van der Waals surface area contributed by atoms with E-state index in [9.17, 15) is 14.9 Å². The van der Waals surface area contributed by atoms with Gasteiger partial charge in [0.25, 0.3) is 17.2 Å². The Bertz CT molecular complexity index is 1710. The fraction of sp³-hybridized carbons (Fsp3) is 0.138. The first-order chi connectivity index (χ1) is 17.9. The zero-order valence-corrected chi connectivity index (χ0v) is 20.5. The van der Waals surface area contributed by atoms with E-state index in [-0.39, 0.29) is 29.7 Å². The lowest BCUT2D eigenvalue weighted by Gasteiger charge is -2.21. The van der Waals surface area contributed by atoms with Gasteiger partial charge >= 0.3 is 0 Å². The van der Waals surface area contributed by atoms with E-state index in [4.69, 9.17) is 0 Å². The summed E-state index contributed by atoms with van der Waals surface area (Å²) in [6, 6.07) is 26.2. The van der Waals surface area contributed by atoms with Gasteiger partial charge < -0.3 is 0 Å². The maximum atomic E-state index is 13.8. The molecule has 1 amide bonds. The summed E-state index contributed by atoms with van der Waals surface area (Å²) in [5, 5.41) is 12.3. The number of hydrogen-bond donors (Lipinski definition) is 1. The number of rotatable bonds is 6. The van der Waals surface area contributed by atoms with Gasteiger partial charge in [0.15, 0.2) is 0 Å². The monoisotopic (exact) mass is 488 g/mol. The van der Waals surface area contributed by atoms with E-state index in [0.717, 1.165) is 16.7 Å². The van der Waals surface area contributed by atoms with Crippen molar-refractivity contribution in [1.82, 2.24) is 19.6 Å². The molecule has 0 saturated heterocycles. The van der Waals surface area contributed by atoms with E-state index in [2.05, 4.69) is 21.1 Å². The molecular weight excluding hydrogens is 464 g/mol.